The lowest BCUT2D eigenvalue weighted by molar-refractivity contribution is 0.590. The third kappa shape index (κ3) is 1.80. The van der Waals surface area contributed by atoms with E-state index in [1.54, 1.807) is 0 Å². The SMILES string of the molecule is Nc1nnc(NNc2nnc(N)s2)o1. The summed E-state index contributed by atoms with van der Waals surface area (Å²) in [6, 6.07) is 0.113. The highest BCUT2D eigenvalue weighted by Crippen LogP contribution is 2.16. The van der Waals surface area contributed by atoms with Gasteiger partial charge >= 0.3 is 12.0 Å². The van der Waals surface area contributed by atoms with E-state index in [4.69, 9.17) is 15.9 Å². The number of nitrogen functional groups attached to an aromatic ring is 2. The van der Waals surface area contributed by atoms with E-state index in [1.165, 1.54) is 11.3 Å². The molecule has 0 amide bonds. The molecule has 0 unspecified atom stereocenters. The van der Waals surface area contributed by atoms with Crippen LogP contribution in [-0.2, 0) is 0 Å². The lowest BCUT2D eigenvalue weighted by Gasteiger charge is -1.98. The van der Waals surface area contributed by atoms with Gasteiger partial charge in [0.1, 0.15) is 0 Å². The lowest BCUT2D eigenvalue weighted by atomic mass is 11.1. The minimum absolute atomic E-state index is 0.0222. The summed E-state index contributed by atoms with van der Waals surface area (Å²) in [6.45, 7) is 0. The van der Waals surface area contributed by atoms with E-state index < -0.39 is 0 Å². The molecule has 0 radical (unpaired) electrons. The molecule has 74 valence electrons. The predicted octanol–water partition coefficient (Wildman–Crippen LogP) is -0.476. The highest BCUT2D eigenvalue weighted by molar-refractivity contribution is 7.18. The normalized spacial score (nSPS) is 10.0. The lowest BCUT2D eigenvalue weighted by Crippen LogP contribution is -2.08. The fraction of sp³-hybridized carbons (Fsp3) is 0. The van der Waals surface area contributed by atoms with E-state index >= 15 is 0 Å². The number of hydrazine groups is 1. The van der Waals surface area contributed by atoms with Gasteiger partial charge in [0.05, 0.1) is 0 Å². The van der Waals surface area contributed by atoms with Crippen molar-refractivity contribution in [1.29, 1.82) is 0 Å². The Balaban J connectivity index is 1.94. The van der Waals surface area contributed by atoms with Crippen molar-refractivity contribution >= 4 is 33.6 Å². The van der Waals surface area contributed by atoms with Gasteiger partial charge in [0.15, 0.2) is 0 Å². The molecule has 0 atom stereocenters. The Kier molecular flexibility index (Phi) is 2.02. The van der Waals surface area contributed by atoms with Crippen LogP contribution in [0.4, 0.5) is 22.3 Å². The van der Waals surface area contributed by atoms with Crippen LogP contribution < -0.4 is 22.3 Å². The zero-order valence-electron chi connectivity index (χ0n) is 6.76. The second kappa shape index (κ2) is 3.33. The van der Waals surface area contributed by atoms with Crippen LogP contribution in [0.1, 0.15) is 0 Å². The van der Waals surface area contributed by atoms with E-state index in [9.17, 15) is 0 Å². The zero-order chi connectivity index (χ0) is 9.97. The number of nitrogens with two attached hydrogens (primary N) is 2. The van der Waals surface area contributed by atoms with Gasteiger partial charge in [-0.05, 0) is 0 Å². The average Bonchev–Trinajstić information content (AvgIpc) is 2.72. The van der Waals surface area contributed by atoms with Crippen LogP contribution in [0, 0.1) is 0 Å². The van der Waals surface area contributed by atoms with E-state index in [0.717, 1.165) is 0 Å². The molecule has 0 fully saturated rings. The highest BCUT2D eigenvalue weighted by atomic mass is 32.1. The van der Waals surface area contributed by atoms with Crippen molar-refractivity contribution in [1.82, 2.24) is 20.4 Å². The molecule has 0 saturated carbocycles. The maximum absolute atomic E-state index is 5.36. The molecule has 0 aliphatic carbocycles. The monoisotopic (exact) mass is 214 g/mol. The molecule has 2 aromatic heterocycles. The number of anilines is 4. The number of aromatic nitrogens is 4. The molecule has 0 spiro atoms. The van der Waals surface area contributed by atoms with Crippen LogP contribution in [0.25, 0.3) is 0 Å². The molecular formula is C4H6N8OS. The van der Waals surface area contributed by atoms with Crippen LogP contribution >= 0.6 is 11.3 Å². The van der Waals surface area contributed by atoms with Crippen molar-refractivity contribution in [2.24, 2.45) is 0 Å². The minimum atomic E-state index is -0.0222. The molecular weight excluding hydrogens is 208 g/mol. The zero-order valence-corrected chi connectivity index (χ0v) is 7.58. The molecule has 0 aliphatic rings. The molecule has 0 bridgehead atoms. The Labute approximate surface area is 81.5 Å². The third-order valence-corrected chi connectivity index (χ3v) is 1.83. The summed E-state index contributed by atoms with van der Waals surface area (Å²) < 4.78 is 4.82. The first kappa shape index (κ1) is 8.50. The van der Waals surface area contributed by atoms with Crippen molar-refractivity contribution < 1.29 is 4.42 Å². The number of rotatable bonds is 3. The summed E-state index contributed by atoms with van der Waals surface area (Å²) in [5, 5.41) is 15.1. The fourth-order valence-electron chi connectivity index (χ4n) is 0.677. The van der Waals surface area contributed by atoms with Gasteiger partial charge in [-0.1, -0.05) is 21.5 Å². The van der Waals surface area contributed by atoms with Crippen molar-refractivity contribution in [3.05, 3.63) is 0 Å². The van der Waals surface area contributed by atoms with Gasteiger partial charge in [-0.25, -0.2) is 5.43 Å². The van der Waals surface area contributed by atoms with Gasteiger partial charge in [0.2, 0.25) is 10.3 Å². The summed E-state index contributed by atoms with van der Waals surface area (Å²) in [6.07, 6.45) is 0. The summed E-state index contributed by atoms with van der Waals surface area (Å²) in [5.41, 5.74) is 15.8. The molecule has 6 N–H and O–H groups in total. The van der Waals surface area contributed by atoms with Crippen LogP contribution in [0.3, 0.4) is 0 Å². The number of hydrogen-bond donors (Lipinski definition) is 4. The van der Waals surface area contributed by atoms with Crippen LogP contribution in [0.15, 0.2) is 4.42 Å². The molecule has 9 nitrogen and oxygen atoms in total. The van der Waals surface area contributed by atoms with Crippen molar-refractivity contribution in [3.63, 3.8) is 0 Å². The molecule has 2 rings (SSSR count). The first-order valence-electron chi connectivity index (χ1n) is 3.44. The van der Waals surface area contributed by atoms with Gasteiger partial charge in [0.25, 0.3) is 0 Å². The Morgan fingerprint density at radius 3 is 2.50 bits per heavy atom. The number of nitrogens with zero attached hydrogens (tertiary/aromatic N) is 4. The Hall–Kier alpha value is -2.10. The maximum Gasteiger partial charge on any atom is 0.336 e. The molecule has 0 aliphatic heterocycles. The maximum atomic E-state index is 5.36. The largest absolute Gasteiger partial charge is 0.389 e. The van der Waals surface area contributed by atoms with E-state index in [2.05, 4.69) is 31.2 Å². The van der Waals surface area contributed by atoms with Crippen molar-refractivity contribution in [2.45, 2.75) is 0 Å². The fourth-order valence-corrected chi connectivity index (χ4v) is 1.14. The standard InChI is InChI=1S/C4H6N8OS/c5-1-7-9-3(13-1)10-12-4-11-8-2(6)14-4/h(H2,5,7)(H2,6,8)(H,9,10)(H,11,12). The first-order chi connectivity index (χ1) is 6.74. The molecule has 2 aromatic rings. The predicted molar refractivity (Wildman–Crippen MR) is 50.3 cm³/mol. The molecule has 10 heteroatoms. The quantitative estimate of drug-likeness (QED) is 0.498. The number of hydrogen-bond acceptors (Lipinski definition) is 10. The van der Waals surface area contributed by atoms with Crippen molar-refractivity contribution in [2.75, 3.05) is 22.3 Å². The summed E-state index contributed by atoms with van der Waals surface area (Å²) in [4.78, 5) is 0. The van der Waals surface area contributed by atoms with Crippen LogP contribution in [-0.4, -0.2) is 20.4 Å². The third-order valence-electron chi connectivity index (χ3n) is 1.16. The van der Waals surface area contributed by atoms with Crippen LogP contribution in [0.5, 0.6) is 0 Å². The molecule has 0 saturated heterocycles. The van der Waals surface area contributed by atoms with Gasteiger partial charge in [0, 0.05) is 0 Å². The molecule has 14 heavy (non-hydrogen) atoms. The smallest absolute Gasteiger partial charge is 0.336 e. The van der Waals surface area contributed by atoms with Gasteiger partial charge < -0.3 is 15.9 Å². The topological polar surface area (TPSA) is 141 Å². The van der Waals surface area contributed by atoms with Crippen LogP contribution in [0.2, 0.25) is 0 Å². The number of nitrogens with one attached hydrogen (secondary N) is 2. The van der Waals surface area contributed by atoms with Gasteiger partial charge in [-0.3, -0.25) is 5.43 Å². The minimum Gasteiger partial charge on any atom is -0.389 e. The molecule has 0 aromatic carbocycles. The van der Waals surface area contributed by atoms with Gasteiger partial charge in [-0.15, -0.1) is 10.2 Å². The highest BCUT2D eigenvalue weighted by Gasteiger charge is 2.03. The second-order valence-corrected chi connectivity index (χ2v) is 3.15. The van der Waals surface area contributed by atoms with E-state index in [1.807, 2.05) is 0 Å². The Bertz CT molecular complexity index is 382. The first-order valence-corrected chi connectivity index (χ1v) is 4.25. The Morgan fingerprint density at radius 2 is 1.93 bits per heavy atom. The summed E-state index contributed by atoms with van der Waals surface area (Å²) >= 11 is 1.17. The van der Waals surface area contributed by atoms with E-state index in [0.29, 0.717) is 10.3 Å². The second-order valence-electron chi connectivity index (χ2n) is 2.14. The van der Waals surface area contributed by atoms with E-state index in [-0.39, 0.29) is 12.0 Å². The van der Waals surface area contributed by atoms with Crippen molar-refractivity contribution in [3.8, 4) is 0 Å². The van der Waals surface area contributed by atoms with Gasteiger partial charge in [-0.2, -0.15) is 0 Å². The summed E-state index contributed by atoms with van der Waals surface area (Å²) in [5.74, 6) is 0. The molecule has 2 heterocycles. The Morgan fingerprint density at radius 1 is 1.07 bits per heavy atom. The average molecular weight is 214 g/mol. The summed E-state index contributed by atoms with van der Waals surface area (Å²) in [7, 11) is 0.